The minimum Gasteiger partial charge on any atom is -0.350 e. The maximum atomic E-state index is 13.4. The topological polar surface area (TPSA) is 90.5 Å². The van der Waals surface area contributed by atoms with Gasteiger partial charge in [-0.3, -0.25) is 14.4 Å². The van der Waals surface area contributed by atoms with Gasteiger partial charge in [0.25, 0.3) is 5.91 Å². The first-order chi connectivity index (χ1) is 16.7. The number of rotatable bonds is 3. The minimum atomic E-state index is -4.48. The third-order valence-corrected chi connectivity index (χ3v) is 7.00. The number of hydrogen-bond donors (Lipinski definition) is 3. The van der Waals surface area contributed by atoms with E-state index in [2.05, 4.69) is 16.0 Å². The highest BCUT2D eigenvalue weighted by Gasteiger charge is 2.45. The summed E-state index contributed by atoms with van der Waals surface area (Å²) in [5, 5.41) is 8.98. The zero-order valence-electron chi connectivity index (χ0n) is 18.8. The summed E-state index contributed by atoms with van der Waals surface area (Å²) in [5.41, 5.74) is 0.480. The molecule has 0 aliphatic carbocycles. The van der Waals surface area contributed by atoms with Crippen LogP contribution in [0.3, 0.4) is 0 Å². The first-order valence-corrected chi connectivity index (χ1v) is 11.7. The normalized spacial score (nSPS) is 22.8. The van der Waals surface area contributed by atoms with Crippen LogP contribution in [0.25, 0.3) is 11.1 Å². The minimum absolute atomic E-state index is 0.104. The molecular weight excluding hydrogens is 461 g/mol. The summed E-state index contributed by atoms with van der Waals surface area (Å²) >= 11 is 0. The van der Waals surface area contributed by atoms with E-state index in [1.165, 1.54) is 23.1 Å². The van der Waals surface area contributed by atoms with Crippen LogP contribution in [0.2, 0.25) is 0 Å². The molecule has 0 unspecified atom stereocenters. The number of alkyl halides is 3. The van der Waals surface area contributed by atoms with E-state index in [1.807, 2.05) is 0 Å². The summed E-state index contributed by atoms with van der Waals surface area (Å²) in [4.78, 5) is 40.7. The molecule has 0 saturated carbocycles. The van der Waals surface area contributed by atoms with E-state index in [1.54, 1.807) is 12.1 Å². The van der Waals surface area contributed by atoms with Gasteiger partial charge in [-0.15, -0.1) is 0 Å². The fraction of sp³-hybridized carbons (Fsp3) is 0.400. The lowest BCUT2D eigenvalue weighted by molar-refractivity contribution is -0.137. The van der Waals surface area contributed by atoms with Gasteiger partial charge in [-0.05, 0) is 67.7 Å². The Morgan fingerprint density at radius 1 is 1.00 bits per heavy atom. The number of anilines is 1. The van der Waals surface area contributed by atoms with Crippen LogP contribution in [0.15, 0.2) is 42.5 Å². The van der Waals surface area contributed by atoms with Gasteiger partial charge in [0, 0.05) is 12.5 Å². The molecule has 2 aromatic rings. The highest BCUT2D eigenvalue weighted by molar-refractivity contribution is 6.11. The number of hydrogen-bond acceptors (Lipinski definition) is 4. The average molecular weight is 486 g/mol. The van der Waals surface area contributed by atoms with Crippen molar-refractivity contribution >= 4 is 23.4 Å². The Balaban J connectivity index is 1.40. The summed E-state index contributed by atoms with van der Waals surface area (Å²) < 4.78 is 39.5. The molecule has 3 heterocycles. The number of nitrogens with one attached hydrogen (secondary N) is 3. The summed E-state index contributed by atoms with van der Waals surface area (Å²) in [6.07, 6.45) is -2.59. The second-order valence-corrected chi connectivity index (χ2v) is 9.20. The molecule has 0 spiro atoms. The molecule has 3 amide bonds. The Morgan fingerprint density at radius 3 is 2.49 bits per heavy atom. The fourth-order valence-corrected chi connectivity index (χ4v) is 5.13. The van der Waals surface area contributed by atoms with Crippen LogP contribution in [-0.2, 0) is 15.8 Å². The van der Waals surface area contributed by atoms with Gasteiger partial charge in [-0.2, -0.15) is 13.2 Å². The number of carbonyl (C=O) groups is 3. The van der Waals surface area contributed by atoms with Crippen molar-refractivity contribution in [3.05, 3.63) is 53.6 Å². The largest absolute Gasteiger partial charge is 0.416 e. The lowest BCUT2D eigenvalue weighted by Crippen LogP contribution is -2.53. The second kappa shape index (κ2) is 8.99. The van der Waals surface area contributed by atoms with Gasteiger partial charge in [0.15, 0.2) is 0 Å². The molecule has 3 aliphatic heterocycles. The average Bonchev–Trinajstić information content (AvgIpc) is 3.23. The van der Waals surface area contributed by atoms with Crippen LogP contribution in [0.1, 0.15) is 35.2 Å². The highest BCUT2D eigenvalue weighted by atomic mass is 19.4. The van der Waals surface area contributed by atoms with Gasteiger partial charge in [0.1, 0.15) is 6.04 Å². The first-order valence-electron chi connectivity index (χ1n) is 11.7. The van der Waals surface area contributed by atoms with Crippen LogP contribution >= 0.6 is 0 Å². The molecule has 10 heteroatoms. The number of fused-ring (bicyclic) bond motifs is 2. The SMILES string of the molecule is O=C(N[C@H]1CCN2C(=O)c3cc(-c4cccc(C(F)(F)F)c4)ccc3NC(=O)[C@H]12)C1CCNCC1. The van der Waals surface area contributed by atoms with Gasteiger partial charge in [0.05, 0.1) is 22.9 Å². The fourth-order valence-electron chi connectivity index (χ4n) is 5.13. The molecule has 3 N–H and O–H groups in total. The van der Waals surface area contributed by atoms with Crippen molar-refractivity contribution in [3.8, 4) is 11.1 Å². The third kappa shape index (κ3) is 4.50. The molecular formula is C25H25F3N4O3. The van der Waals surface area contributed by atoms with E-state index in [4.69, 9.17) is 0 Å². The molecule has 0 radical (unpaired) electrons. The van der Waals surface area contributed by atoms with Crippen LogP contribution < -0.4 is 16.0 Å². The van der Waals surface area contributed by atoms with Crippen LogP contribution in [0, 0.1) is 5.92 Å². The summed E-state index contributed by atoms with van der Waals surface area (Å²) in [5.74, 6) is -1.01. The van der Waals surface area contributed by atoms with Crippen molar-refractivity contribution in [1.82, 2.24) is 15.5 Å². The standard InChI is InChI=1S/C25H25F3N4O3/c26-25(27,28)17-3-1-2-15(12-17)16-4-5-19-18(13-16)24(35)32-11-8-20(21(32)23(34)30-19)31-22(33)14-6-9-29-10-7-14/h1-5,12-14,20-21,29H,6-11H2,(H,30,34)(H,31,33)/t20-,21-/m0/s1. The maximum Gasteiger partial charge on any atom is 0.416 e. The molecule has 184 valence electrons. The predicted molar refractivity (Wildman–Crippen MR) is 122 cm³/mol. The highest BCUT2D eigenvalue weighted by Crippen LogP contribution is 2.35. The molecule has 3 aliphatic rings. The molecule has 5 rings (SSSR count). The van der Waals surface area contributed by atoms with E-state index in [9.17, 15) is 27.6 Å². The lowest BCUT2D eigenvalue weighted by atomic mass is 9.96. The Hall–Kier alpha value is -3.40. The van der Waals surface area contributed by atoms with Gasteiger partial charge in [-0.25, -0.2) is 0 Å². The summed E-state index contributed by atoms with van der Waals surface area (Å²) in [7, 11) is 0. The predicted octanol–water partition coefficient (Wildman–Crippen LogP) is 3.02. The Bertz CT molecular complexity index is 1180. The third-order valence-electron chi connectivity index (χ3n) is 7.00. The Morgan fingerprint density at radius 2 is 1.74 bits per heavy atom. The summed E-state index contributed by atoms with van der Waals surface area (Å²) in [6.45, 7) is 1.82. The molecule has 0 aromatic heterocycles. The lowest BCUT2D eigenvalue weighted by Gasteiger charge is -2.27. The second-order valence-electron chi connectivity index (χ2n) is 9.20. The Kier molecular flexibility index (Phi) is 6.00. The molecule has 2 fully saturated rings. The zero-order valence-corrected chi connectivity index (χ0v) is 18.8. The maximum absolute atomic E-state index is 13.4. The number of carbonyl (C=O) groups excluding carboxylic acids is 3. The van der Waals surface area contributed by atoms with E-state index >= 15 is 0 Å². The monoisotopic (exact) mass is 486 g/mol. The number of halogens is 3. The van der Waals surface area contributed by atoms with Crippen LogP contribution in [0.5, 0.6) is 0 Å². The van der Waals surface area contributed by atoms with E-state index in [0.717, 1.165) is 38.1 Å². The van der Waals surface area contributed by atoms with Crippen molar-refractivity contribution in [2.24, 2.45) is 5.92 Å². The van der Waals surface area contributed by atoms with Crippen molar-refractivity contribution < 1.29 is 27.6 Å². The van der Waals surface area contributed by atoms with Gasteiger partial charge in [-0.1, -0.05) is 18.2 Å². The van der Waals surface area contributed by atoms with Crippen molar-refractivity contribution in [2.45, 2.75) is 37.5 Å². The van der Waals surface area contributed by atoms with Crippen molar-refractivity contribution in [3.63, 3.8) is 0 Å². The Labute approximate surface area is 200 Å². The molecule has 2 saturated heterocycles. The van der Waals surface area contributed by atoms with Gasteiger partial charge < -0.3 is 20.9 Å². The van der Waals surface area contributed by atoms with E-state index in [-0.39, 0.29) is 17.4 Å². The summed E-state index contributed by atoms with van der Waals surface area (Å²) in [6, 6.07) is 8.16. The number of benzene rings is 2. The van der Waals surface area contributed by atoms with Crippen molar-refractivity contribution in [1.29, 1.82) is 0 Å². The number of piperidine rings is 1. The van der Waals surface area contributed by atoms with Gasteiger partial charge in [0.2, 0.25) is 11.8 Å². The number of nitrogens with zero attached hydrogens (tertiary/aromatic N) is 1. The molecule has 2 aromatic carbocycles. The van der Waals surface area contributed by atoms with Crippen molar-refractivity contribution in [2.75, 3.05) is 25.0 Å². The van der Waals surface area contributed by atoms with Crippen LogP contribution in [0.4, 0.5) is 18.9 Å². The van der Waals surface area contributed by atoms with Gasteiger partial charge >= 0.3 is 6.18 Å². The quantitative estimate of drug-likeness (QED) is 0.622. The molecule has 0 bridgehead atoms. The van der Waals surface area contributed by atoms with E-state index < -0.39 is 35.6 Å². The first kappa shape index (κ1) is 23.3. The zero-order chi connectivity index (χ0) is 24.7. The smallest absolute Gasteiger partial charge is 0.350 e. The van der Waals surface area contributed by atoms with E-state index in [0.29, 0.717) is 29.8 Å². The number of amides is 3. The van der Waals surface area contributed by atoms with Crippen LogP contribution in [-0.4, -0.2) is 54.3 Å². The molecule has 35 heavy (non-hydrogen) atoms. The molecule has 2 atom stereocenters. The molecule has 7 nitrogen and oxygen atoms in total.